The summed E-state index contributed by atoms with van der Waals surface area (Å²) in [7, 11) is 0. The van der Waals surface area contributed by atoms with Crippen LogP contribution in [0, 0.1) is 5.82 Å². The Morgan fingerprint density at radius 3 is 2.41 bits per heavy atom. The van der Waals surface area contributed by atoms with Gasteiger partial charge in [0.2, 0.25) is 0 Å². The number of hydrogen-bond donors (Lipinski definition) is 1. The minimum Gasteiger partial charge on any atom is -0.478 e. The highest BCUT2D eigenvalue weighted by Gasteiger charge is 2.31. The minimum absolute atomic E-state index is 0.195. The van der Waals surface area contributed by atoms with E-state index >= 15 is 0 Å². The normalized spacial score (nSPS) is 12.1. The molecule has 1 rings (SSSR count). The lowest BCUT2D eigenvalue weighted by atomic mass is 10.1. The zero-order valence-electron chi connectivity index (χ0n) is 8.05. The third-order valence-electron chi connectivity index (χ3n) is 1.79. The molecule has 0 saturated carbocycles. The van der Waals surface area contributed by atoms with Crippen LogP contribution in [0.4, 0.5) is 17.6 Å². The molecule has 1 aromatic carbocycles. The van der Waals surface area contributed by atoms with Crippen molar-refractivity contribution in [1.82, 2.24) is 0 Å². The first-order valence-corrected chi connectivity index (χ1v) is 4.98. The van der Waals surface area contributed by atoms with E-state index in [1.54, 1.807) is 0 Å². The van der Waals surface area contributed by atoms with Crippen molar-refractivity contribution in [2.45, 2.75) is 6.18 Å². The first-order valence-electron chi connectivity index (χ1n) is 4.19. The molecule has 17 heavy (non-hydrogen) atoms. The van der Waals surface area contributed by atoms with Crippen LogP contribution < -0.4 is 0 Å². The van der Waals surface area contributed by atoms with Crippen LogP contribution >= 0.6 is 15.9 Å². The molecule has 0 amide bonds. The highest BCUT2D eigenvalue weighted by Crippen LogP contribution is 2.33. The number of alkyl halides is 3. The molecule has 0 saturated heterocycles. The molecule has 1 N–H and O–H groups in total. The third kappa shape index (κ3) is 3.55. The molecule has 0 unspecified atom stereocenters. The quantitative estimate of drug-likeness (QED) is 0.668. The van der Waals surface area contributed by atoms with Gasteiger partial charge in [-0.2, -0.15) is 13.2 Å². The van der Waals surface area contributed by atoms with Gasteiger partial charge in [0.1, 0.15) is 5.82 Å². The molecule has 0 atom stereocenters. The molecule has 0 aliphatic rings. The maximum Gasteiger partial charge on any atom is 0.416 e. The van der Waals surface area contributed by atoms with E-state index in [1.165, 1.54) is 0 Å². The van der Waals surface area contributed by atoms with Crippen molar-refractivity contribution < 1.29 is 27.5 Å². The second-order valence-corrected chi connectivity index (χ2v) is 3.82. The van der Waals surface area contributed by atoms with Crippen LogP contribution in [-0.2, 0) is 11.0 Å². The minimum atomic E-state index is -4.69. The molecule has 0 aliphatic heterocycles. The fourth-order valence-corrected chi connectivity index (χ4v) is 1.42. The summed E-state index contributed by atoms with van der Waals surface area (Å²) in [6.07, 6.45) is -3.18. The van der Waals surface area contributed by atoms with Crippen molar-refractivity contribution in [3.05, 3.63) is 39.6 Å². The van der Waals surface area contributed by atoms with Crippen LogP contribution in [0.1, 0.15) is 11.1 Å². The number of hydrogen-bond acceptors (Lipinski definition) is 1. The lowest BCUT2D eigenvalue weighted by Gasteiger charge is -2.09. The Hall–Kier alpha value is -1.37. The summed E-state index contributed by atoms with van der Waals surface area (Å²) in [5.74, 6) is -2.44. The average Bonchev–Trinajstić information content (AvgIpc) is 2.18. The number of halogens is 5. The molecule has 1 aromatic rings. The highest BCUT2D eigenvalue weighted by atomic mass is 79.9. The molecular formula is C10H5BrF4O2. The van der Waals surface area contributed by atoms with Crippen LogP contribution in [0.5, 0.6) is 0 Å². The van der Waals surface area contributed by atoms with Crippen molar-refractivity contribution in [3.8, 4) is 0 Å². The molecule has 7 heteroatoms. The molecule has 0 bridgehead atoms. The fourth-order valence-electron chi connectivity index (χ4n) is 1.06. The maximum atomic E-state index is 13.2. The van der Waals surface area contributed by atoms with Gasteiger partial charge in [-0.25, -0.2) is 9.18 Å². The van der Waals surface area contributed by atoms with E-state index in [-0.39, 0.29) is 10.0 Å². The van der Waals surface area contributed by atoms with E-state index in [1.807, 2.05) is 0 Å². The molecular weight excluding hydrogens is 308 g/mol. The second kappa shape index (κ2) is 4.87. The van der Waals surface area contributed by atoms with Gasteiger partial charge in [0.25, 0.3) is 0 Å². The van der Waals surface area contributed by atoms with E-state index in [4.69, 9.17) is 5.11 Å². The largest absolute Gasteiger partial charge is 0.478 e. The Bertz CT molecular complexity index is 480. The van der Waals surface area contributed by atoms with Crippen molar-refractivity contribution >= 4 is 28.0 Å². The van der Waals surface area contributed by atoms with Gasteiger partial charge in [-0.3, -0.25) is 0 Å². The van der Waals surface area contributed by atoms with Crippen LogP contribution in [0.2, 0.25) is 0 Å². The summed E-state index contributed by atoms with van der Waals surface area (Å²) >= 11 is 2.74. The molecule has 0 spiro atoms. The maximum absolute atomic E-state index is 13.2. The van der Waals surface area contributed by atoms with E-state index in [2.05, 4.69) is 15.9 Å². The molecule has 0 aromatic heterocycles. The first kappa shape index (κ1) is 13.7. The summed E-state index contributed by atoms with van der Waals surface area (Å²) in [6, 6.07) is 0.995. The van der Waals surface area contributed by atoms with Crippen molar-refractivity contribution in [2.24, 2.45) is 0 Å². The number of carboxylic acid groups (broad SMARTS) is 1. The van der Waals surface area contributed by atoms with Crippen molar-refractivity contribution in [3.63, 3.8) is 0 Å². The zero-order chi connectivity index (χ0) is 13.2. The number of carbonyl (C=O) groups is 1. The van der Waals surface area contributed by atoms with Gasteiger partial charge < -0.3 is 5.11 Å². The Balaban J connectivity index is 3.30. The van der Waals surface area contributed by atoms with Gasteiger partial charge in [-0.15, -0.1) is 0 Å². The van der Waals surface area contributed by atoms with Gasteiger partial charge in [0.05, 0.1) is 10.0 Å². The average molecular weight is 313 g/mol. The highest BCUT2D eigenvalue weighted by molar-refractivity contribution is 9.10. The lowest BCUT2D eigenvalue weighted by Crippen LogP contribution is -2.06. The Morgan fingerprint density at radius 2 is 1.94 bits per heavy atom. The predicted octanol–water partition coefficient (Wildman–Crippen LogP) is 3.70. The Kier molecular flexibility index (Phi) is 3.92. The molecule has 0 fully saturated rings. The summed E-state index contributed by atoms with van der Waals surface area (Å²) in [5, 5.41) is 8.35. The lowest BCUT2D eigenvalue weighted by molar-refractivity contribution is -0.137. The summed E-state index contributed by atoms with van der Waals surface area (Å²) in [5.41, 5.74) is -1.37. The molecule has 92 valence electrons. The standard InChI is InChI=1S/C10H5BrF4O2/c11-9-5(1-2-8(16)17)3-6(4-7(9)12)10(13,14)15/h1-4H,(H,16,17)/b2-1+. The summed E-state index contributed by atoms with van der Waals surface area (Å²) < 4.78 is 50.0. The van der Waals surface area contributed by atoms with E-state index < -0.39 is 23.5 Å². The smallest absolute Gasteiger partial charge is 0.416 e. The molecule has 2 nitrogen and oxygen atoms in total. The van der Waals surface area contributed by atoms with E-state index in [0.29, 0.717) is 18.2 Å². The van der Waals surface area contributed by atoms with Gasteiger partial charge in [0.15, 0.2) is 0 Å². The Morgan fingerprint density at radius 1 is 1.35 bits per heavy atom. The van der Waals surface area contributed by atoms with Crippen LogP contribution in [0.3, 0.4) is 0 Å². The van der Waals surface area contributed by atoms with Crippen molar-refractivity contribution in [1.29, 1.82) is 0 Å². The van der Waals surface area contributed by atoms with E-state index in [9.17, 15) is 22.4 Å². The van der Waals surface area contributed by atoms with Crippen LogP contribution in [-0.4, -0.2) is 11.1 Å². The van der Waals surface area contributed by atoms with Crippen LogP contribution in [0.15, 0.2) is 22.7 Å². The Labute approximate surface area is 102 Å². The first-order chi connectivity index (χ1) is 7.71. The summed E-state index contributed by atoms with van der Waals surface area (Å²) in [4.78, 5) is 10.2. The van der Waals surface area contributed by atoms with Crippen LogP contribution in [0.25, 0.3) is 6.08 Å². The topological polar surface area (TPSA) is 37.3 Å². The van der Waals surface area contributed by atoms with Gasteiger partial charge in [-0.1, -0.05) is 0 Å². The second-order valence-electron chi connectivity index (χ2n) is 3.03. The molecule has 0 aliphatic carbocycles. The number of carboxylic acids is 1. The van der Waals surface area contributed by atoms with Gasteiger partial charge in [0, 0.05) is 6.08 Å². The zero-order valence-corrected chi connectivity index (χ0v) is 9.64. The molecule has 0 heterocycles. The number of aliphatic carboxylic acids is 1. The fraction of sp³-hybridized carbons (Fsp3) is 0.100. The molecule has 0 radical (unpaired) electrons. The third-order valence-corrected chi connectivity index (χ3v) is 2.63. The van der Waals surface area contributed by atoms with Gasteiger partial charge in [-0.05, 0) is 39.7 Å². The summed E-state index contributed by atoms with van der Waals surface area (Å²) in [6.45, 7) is 0. The number of rotatable bonds is 2. The predicted molar refractivity (Wildman–Crippen MR) is 55.8 cm³/mol. The van der Waals surface area contributed by atoms with Gasteiger partial charge >= 0.3 is 12.1 Å². The SMILES string of the molecule is O=C(O)/C=C/c1cc(C(F)(F)F)cc(F)c1Br. The van der Waals surface area contributed by atoms with E-state index in [0.717, 1.165) is 6.08 Å². The monoisotopic (exact) mass is 312 g/mol. The van der Waals surface area contributed by atoms with Crippen molar-refractivity contribution in [2.75, 3.05) is 0 Å². The number of benzene rings is 1.